The molecule has 1 N–H and O–H groups in total. The van der Waals surface area contributed by atoms with Crippen LogP contribution < -0.4 is 4.72 Å². The zero-order chi connectivity index (χ0) is 16.2. The fourth-order valence-electron chi connectivity index (χ4n) is 2.72. The summed E-state index contributed by atoms with van der Waals surface area (Å²) in [5, 5.41) is 0. The van der Waals surface area contributed by atoms with Crippen LogP contribution in [-0.4, -0.2) is 51.7 Å². The second kappa shape index (κ2) is 7.50. The molecule has 1 aliphatic rings. The van der Waals surface area contributed by atoms with Gasteiger partial charge in [0.25, 0.3) is 0 Å². The Morgan fingerprint density at radius 1 is 1.32 bits per heavy atom. The van der Waals surface area contributed by atoms with Crippen molar-refractivity contribution in [1.29, 1.82) is 0 Å². The molecule has 2 rings (SSSR count). The quantitative estimate of drug-likeness (QED) is 0.855. The molecular formula is C15H23FN2O3S. The van der Waals surface area contributed by atoms with E-state index < -0.39 is 15.8 Å². The molecule has 22 heavy (non-hydrogen) atoms. The van der Waals surface area contributed by atoms with Crippen LogP contribution in [0, 0.1) is 5.82 Å². The zero-order valence-electron chi connectivity index (χ0n) is 13.0. The first-order valence-corrected chi connectivity index (χ1v) is 9.09. The molecule has 0 aromatic heterocycles. The lowest BCUT2D eigenvalue weighted by molar-refractivity contribution is -0.0671. The first-order valence-electron chi connectivity index (χ1n) is 7.43. The number of ether oxygens (including phenoxy) is 1. The third-order valence-electron chi connectivity index (χ3n) is 3.49. The van der Waals surface area contributed by atoms with Crippen LogP contribution in [0.3, 0.4) is 0 Å². The van der Waals surface area contributed by atoms with Gasteiger partial charge in [-0.3, -0.25) is 4.90 Å². The summed E-state index contributed by atoms with van der Waals surface area (Å²) >= 11 is 0. The molecule has 0 saturated carbocycles. The van der Waals surface area contributed by atoms with Crippen molar-refractivity contribution in [3.05, 3.63) is 35.6 Å². The maximum Gasteiger partial charge on any atom is 0.215 e. The summed E-state index contributed by atoms with van der Waals surface area (Å²) in [6, 6.07) is 5.65. The molecule has 0 radical (unpaired) electrons. The van der Waals surface area contributed by atoms with Gasteiger partial charge in [-0.2, -0.15) is 0 Å². The highest BCUT2D eigenvalue weighted by Gasteiger charge is 2.22. The molecule has 1 saturated heterocycles. The van der Waals surface area contributed by atoms with Gasteiger partial charge in [-0.05, 0) is 31.5 Å². The molecule has 1 fully saturated rings. The van der Waals surface area contributed by atoms with Crippen LogP contribution in [0.4, 0.5) is 4.39 Å². The second-order valence-electron chi connectivity index (χ2n) is 5.80. The predicted molar refractivity (Wildman–Crippen MR) is 83.5 cm³/mol. The van der Waals surface area contributed by atoms with Gasteiger partial charge in [0.2, 0.25) is 10.0 Å². The van der Waals surface area contributed by atoms with Gasteiger partial charge in [0.1, 0.15) is 5.82 Å². The summed E-state index contributed by atoms with van der Waals surface area (Å²) in [4.78, 5) is 2.18. The molecule has 124 valence electrons. The van der Waals surface area contributed by atoms with Crippen molar-refractivity contribution in [3.8, 4) is 0 Å². The van der Waals surface area contributed by atoms with Gasteiger partial charge in [0, 0.05) is 26.2 Å². The first kappa shape index (κ1) is 17.3. The Morgan fingerprint density at radius 2 is 2.00 bits per heavy atom. The van der Waals surface area contributed by atoms with Crippen molar-refractivity contribution in [2.75, 3.05) is 26.2 Å². The number of nitrogens with zero attached hydrogens (tertiary/aromatic N) is 1. The summed E-state index contributed by atoms with van der Waals surface area (Å²) in [6.45, 7) is 6.61. The molecule has 1 aromatic carbocycles. The molecule has 0 bridgehead atoms. The molecule has 0 unspecified atom stereocenters. The molecule has 0 spiro atoms. The maximum atomic E-state index is 13.1. The number of hydrogen-bond donors (Lipinski definition) is 1. The van der Waals surface area contributed by atoms with Gasteiger partial charge in [-0.1, -0.05) is 12.1 Å². The highest BCUT2D eigenvalue weighted by atomic mass is 32.2. The lowest BCUT2D eigenvalue weighted by atomic mass is 10.2. The largest absolute Gasteiger partial charge is 0.373 e. The van der Waals surface area contributed by atoms with E-state index in [9.17, 15) is 12.8 Å². The molecule has 1 aromatic rings. The van der Waals surface area contributed by atoms with Gasteiger partial charge < -0.3 is 4.74 Å². The Hall–Kier alpha value is -1.02. The lowest BCUT2D eigenvalue weighted by Crippen LogP contribution is -2.47. The van der Waals surface area contributed by atoms with Crippen LogP contribution >= 0.6 is 0 Å². The predicted octanol–water partition coefficient (Wildman–Crippen LogP) is 1.35. The Balaban J connectivity index is 1.80. The van der Waals surface area contributed by atoms with Gasteiger partial charge >= 0.3 is 0 Å². The number of morpholine rings is 1. The van der Waals surface area contributed by atoms with Gasteiger partial charge in [-0.15, -0.1) is 0 Å². The van der Waals surface area contributed by atoms with Crippen molar-refractivity contribution >= 4 is 10.0 Å². The Labute approximate surface area is 131 Å². The van der Waals surface area contributed by atoms with Crippen LogP contribution in [0.25, 0.3) is 0 Å². The highest BCUT2D eigenvalue weighted by Crippen LogP contribution is 2.10. The van der Waals surface area contributed by atoms with Crippen LogP contribution in [0.2, 0.25) is 0 Å². The van der Waals surface area contributed by atoms with Crippen molar-refractivity contribution in [3.63, 3.8) is 0 Å². The molecule has 2 atom stereocenters. The Bertz CT molecular complexity index is 584. The first-order chi connectivity index (χ1) is 10.3. The van der Waals surface area contributed by atoms with E-state index in [0.717, 1.165) is 13.1 Å². The fraction of sp³-hybridized carbons (Fsp3) is 0.600. The van der Waals surface area contributed by atoms with E-state index in [1.54, 1.807) is 6.07 Å². The van der Waals surface area contributed by atoms with E-state index in [1.807, 2.05) is 13.8 Å². The molecule has 1 aliphatic heterocycles. The van der Waals surface area contributed by atoms with Crippen molar-refractivity contribution in [2.45, 2.75) is 31.8 Å². The number of sulfonamides is 1. The SMILES string of the molecule is C[C@H]1CN(CCNS(=O)(=O)Cc2cccc(F)c2)C[C@H](C)O1. The van der Waals surface area contributed by atoms with E-state index in [1.165, 1.54) is 18.2 Å². The average Bonchev–Trinajstić information content (AvgIpc) is 2.36. The zero-order valence-corrected chi connectivity index (χ0v) is 13.8. The monoisotopic (exact) mass is 330 g/mol. The average molecular weight is 330 g/mol. The maximum absolute atomic E-state index is 13.1. The van der Waals surface area contributed by atoms with Crippen molar-refractivity contribution in [1.82, 2.24) is 9.62 Å². The number of benzene rings is 1. The number of halogens is 1. The van der Waals surface area contributed by atoms with E-state index >= 15 is 0 Å². The number of nitrogens with one attached hydrogen (secondary N) is 1. The van der Waals surface area contributed by atoms with Gasteiger partial charge in [0.05, 0.1) is 18.0 Å². The molecule has 0 amide bonds. The van der Waals surface area contributed by atoms with Crippen molar-refractivity contribution < 1.29 is 17.5 Å². The molecule has 1 heterocycles. The summed E-state index contributed by atoms with van der Waals surface area (Å²) in [5.74, 6) is -0.635. The van der Waals surface area contributed by atoms with E-state index in [2.05, 4.69) is 9.62 Å². The summed E-state index contributed by atoms with van der Waals surface area (Å²) in [5.41, 5.74) is 0.445. The van der Waals surface area contributed by atoms with Crippen LogP contribution in [0.5, 0.6) is 0 Å². The minimum absolute atomic E-state index is 0.160. The minimum atomic E-state index is -3.45. The molecule has 0 aliphatic carbocycles. The van der Waals surface area contributed by atoms with Crippen LogP contribution in [0.15, 0.2) is 24.3 Å². The Kier molecular flexibility index (Phi) is 5.91. The smallest absolute Gasteiger partial charge is 0.215 e. The van der Waals surface area contributed by atoms with E-state index in [0.29, 0.717) is 18.7 Å². The highest BCUT2D eigenvalue weighted by molar-refractivity contribution is 7.88. The van der Waals surface area contributed by atoms with Crippen LogP contribution in [-0.2, 0) is 20.5 Å². The lowest BCUT2D eigenvalue weighted by Gasteiger charge is -2.35. The third kappa shape index (κ3) is 5.64. The standard InChI is InChI=1S/C15H23FN2O3S/c1-12-9-18(10-13(2)21-12)7-6-17-22(19,20)11-14-4-3-5-15(16)8-14/h3-5,8,12-13,17H,6-7,9-11H2,1-2H3/t12-,13-/m0/s1. The van der Waals surface area contributed by atoms with Gasteiger partial charge in [-0.25, -0.2) is 17.5 Å². The van der Waals surface area contributed by atoms with E-state index in [-0.39, 0.29) is 18.0 Å². The molecule has 7 heteroatoms. The summed E-state index contributed by atoms with van der Waals surface area (Å²) in [6.07, 6.45) is 0.320. The van der Waals surface area contributed by atoms with Crippen LogP contribution in [0.1, 0.15) is 19.4 Å². The van der Waals surface area contributed by atoms with Gasteiger partial charge in [0.15, 0.2) is 0 Å². The third-order valence-corrected chi connectivity index (χ3v) is 4.85. The van der Waals surface area contributed by atoms with Crippen molar-refractivity contribution in [2.24, 2.45) is 0 Å². The molecular weight excluding hydrogens is 307 g/mol. The number of hydrogen-bond acceptors (Lipinski definition) is 4. The normalized spacial score (nSPS) is 23.6. The second-order valence-corrected chi connectivity index (χ2v) is 7.61. The molecule has 5 nitrogen and oxygen atoms in total. The summed E-state index contributed by atoms with van der Waals surface area (Å²) < 4.78 is 45.3. The summed E-state index contributed by atoms with van der Waals surface area (Å²) in [7, 11) is -3.45. The Morgan fingerprint density at radius 3 is 2.64 bits per heavy atom. The fourth-order valence-corrected chi connectivity index (χ4v) is 3.85. The minimum Gasteiger partial charge on any atom is -0.373 e. The number of rotatable bonds is 6. The topological polar surface area (TPSA) is 58.6 Å². The van der Waals surface area contributed by atoms with E-state index in [4.69, 9.17) is 4.74 Å².